The van der Waals surface area contributed by atoms with Gasteiger partial charge in [-0.1, -0.05) is 25.2 Å². The molecule has 84 valence electrons. The van der Waals surface area contributed by atoms with Crippen LogP contribution in [0.2, 0.25) is 0 Å². The van der Waals surface area contributed by atoms with Gasteiger partial charge >= 0.3 is 0 Å². The molecule has 0 fully saturated rings. The first-order valence-corrected chi connectivity index (χ1v) is 5.44. The highest BCUT2D eigenvalue weighted by atomic mass is 19.1. The lowest BCUT2D eigenvalue weighted by molar-refractivity contribution is 0.101. The zero-order chi connectivity index (χ0) is 12.0. The number of carbonyl (C=O) groups is 1. The Morgan fingerprint density at radius 2 is 2.19 bits per heavy atom. The zero-order valence-electron chi connectivity index (χ0n) is 9.64. The summed E-state index contributed by atoms with van der Waals surface area (Å²) in [6.45, 7) is 3.52. The van der Waals surface area contributed by atoms with E-state index in [9.17, 15) is 9.18 Å². The minimum Gasteiger partial charge on any atom is -0.294 e. The standard InChI is InChI=1S/C14H15FO/c1-3-4-5-6-7-12-8-9-13(15)10-14(12)11(2)16/h8-10H,3-5H2,1-2H3. The van der Waals surface area contributed by atoms with Crippen LogP contribution < -0.4 is 0 Å². The summed E-state index contributed by atoms with van der Waals surface area (Å²) in [7, 11) is 0. The Morgan fingerprint density at radius 1 is 1.44 bits per heavy atom. The first kappa shape index (κ1) is 12.4. The maximum absolute atomic E-state index is 13.0. The smallest absolute Gasteiger partial charge is 0.161 e. The van der Waals surface area contributed by atoms with Gasteiger partial charge in [-0.15, -0.1) is 0 Å². The van der Waals surface area contributed by atoms with Gasteiger partial charge in [-0.25, -0.2) is 4.39 Å². The summed E-state index contributed by atoms with van der Waals surface area (Å²) in [5.41, 5.74) is 0.981. The SMILES string of the molecule is CCCCC#Cc1ccc(F)cc1C(C)=O. The molecule has 0 bridgehead atoms. The van der Waals surface area contributed by atoms with Crippen molar-refractivity contribution < 1.29 is 9.18 Å². The Labute approximate surface area is 95.7 Å². The summed E-state index contributed by atoms with van der Waals surface area (Å²) in [5.74, 6) is 5.36. The molecule has 0 heterocycles. The van der Waals surface area contributed by atoms with Crippen LogP contribution in [-0.2, 0) is 0 Å². The van der Waals surface area contributed by atoms with E-state index in [1.54, 1.807) is 6.07 Å². The Morgan fingerprint density at radius 3 is 2.81 bits per heavy atom. The molecule has 0 saturated heterocycles. The van der Waals surface area contributed by atoms with Gasteiger partial charge in [0.15, 0.2) is 5.78 Å². The van der Waals surface area contributed by atoms with Crippen molar-refractivity contribution in [3.05, 3.63) is 35.1 Å². The molecule has 0 saturated carbocycles. The van der Waals surface area contributed by atoms with Gasteiger partial charge in [0.2, 0.25) is 0 Å². The number of halogens is 1. The Balaban J connectivity index is 2.93. The van der Waals surface area contributed by atoms with Crippen molar-refractivity contribution in [3.8, 4) is 11.8 Å². The van der Waals surface area contributed by atoms with E-state index >= 15 is 0 Å². The summed E-state index contributed by atoms with van der Waals surface area (Å²) in [6, 6.07) is 4.13. The summed E-state index contributed by atoms with van der Waals surface area (Å²) in [5, 5.41) is 0. The zero-order valence-corrected chi connectivity index (χ0v) is 9.64. The van der Waals surface area contributed by atoms with Crippen LogP contribution in [0, 0.1) is 17.7 Å². The maximum atomic E-state index is 13.0. The van der Waals surface area contributed by atoms with Gasteiger partial charge in [0, 0.05) is 17.5 Å². The van der Waals surface area contributed by atoms with E-state index < -0.39 is 5.82 Å². The van der Waals surface area contributed by atoms with E-state index in [0.29, 0.717) is 11.1 Å². The van der Waals surface area contributed by atoms with Crippen LogP contribution >= 0.6 is 0 Å². The quantitative estimate of drug-likeness (QED) is 0.430. The van der Waals surface area contributed by atoms with Crippen molar-refractivity contribution >= 4 is 5.78 Å². The van der Waals surface area contributed by atoms with Gasteiger partial charge in [0.25, 0.3) is 0 Å². The Hall–Kier alpha value is -1.62. The molecule has 0 radical (unpaired) electrons. The highest BCUT2D eigenvalue weighted by Gasteiger charge is 2.06. The average Bonchev–Trinajstić information content (AvgIpc) is 2.26. The van der Waals surface area contributed by atoms with E-state index in [-0.39, 0.29) is 5.78 Å². The number of benzene rings is 1. The number of unbranched alkanes of at least 4 members (excludes halogenated alkanes) is 2. The van der Waals surface area contributed by atoms with Crippen molar-refractivity contribution in [2.45, 2.75) is 33.1 Å². The lowest BCUT2D eigenvalue weighted by atomic mass is 10.0. The number of carbonyl (C=O) groups excluding carboxylic acids is 1. The molecule has 0 atom stereocenters. The molecule has 1 nitrogen and oxygen atoms in total. The maximum Gasteiger partial charge on any atom is 0.161 e. The van der Waals surface area contributed by atoms with Gasteiger partial charge < -0.3 is 0 Å². The van der Waals surface area contributed by atoms with Gasteiger partial charge in [-0.3, -0.25) is 4.79 Å². The summed E-state index contributed by atoms with van der Waals surface area (Å²) < 4.78 is 13.0. The molecule has 0 aliphatic heterocycles. The van der Waals surface area contributed by atoms with Crippen LogP contribution in [0.4, 0.5) is 4.39 Å². The molecule has 0 unspecified atom stereocenters. The third-order valence-electron chi connectivity index (χ3n) is 2.24. The second-order valence-corrected chi connectivity index (χ2v) is 3.65. The summed E-state index contributed by atoms with van der Waals surface area (Å²) in [6.07, 6.45) is 2.95. The lowest BCUT2D eigenvalue weighted by Crippen LogP contribution is -1.97. The van der Waals surface area contributed by atoms with Crippen molar-refractivity contribution in [1.29, 1.82) is 0 Å². The molecule has 0 spiro atoms. The molecule has 0 aliphatic carbocycles. The van der Waals surface area contributed by atoms with E-state index in [2.05, 4.69) is 18.8 Å². The van der Waals surface area contributed by atoms with E-state index in [4.69, 9.17) is 0 Å². The molecular formula is C14H15FO. The van der Waals surface area contributed by atoms with Crippen LogP contribution in [0.1, 0.15) is 49.0 Å². The molecule has 1 aromatic rings. The van der Waals surface area contributed by atoms with Gasteiger partial charge in [-0.05, 0) is 31.5 Å². The molecule has 0 N–H and O–H groups in total. The number of Topliss-reactive ketones (excluding diaryl/α,β-unsaturated/α-hetero) is 1. The molecule has 1 aromatic carbocycles. The molecule has 1 rings (SSSR count). The van der Waals surface area contributed by atoms with Gasteiger partial charge in [0.1, 0.15) is 5.82 Å². The Bertz CT molecular complexity index is 438. The lowest BCUT2D eigenvalue weighted by Gasteiger charge is -1.99. The molecular weight excluding hydrogens is 203 g/mol. The van der Waals surface area contributed by atoms with Crippen molar-refractivity contribution in [2.24, 2.45) is 0 Å². The Kier molecular flexibility index (Phi) is 4.72. The van der Waals surface area contributed by atoms with E-state index in [1.165, 1.54) is 19.1 Å². The van der Waals surface area contributed by atoms with Crippen LogP contribution in [-0.4, -0.2) is 5.78 Å². The van der Waals surface area contributed by atoms with E-state index in [0.717, 1.165) is 19.3 Å². The first-order valence-electron chi connectivity index (χ1n) is 5.44. The average molecular weight is 218 g/mol. The van der Waals surface area contributed by atoms with Crippen LogP contribution in [0.3, 0.4) is 0 Å². The topological polar surface area (TPSA) is 17.1 Å². The fourth-order valence-corrected chi connectivity index (χ4v) is 1.34. The number of hydrogen-bond acceptors (Lipinski definition) is 1. The minimum atomic E-state index is -0.399. The monoisotopic (exact) mass is 218 g/mol. The van der Waals surface area contributed by atoms with E-state index in [1.807, 2.05) is 0 Å². The highest BCUT2D eigenvalue weighted by molar-refractivity contribution is 5.96. The largest absolute Gasteiger partial charge is 0.294 e. The fourth-order valence-electron chi connectivity index (χ4n) is 1.34. The van der Waals surface area contributed by atoms with Crippen LogP contribution in [0.15, 0.2) is 18.2 Å². The second-order valence-electron chi connectivity index (χ2n) is 3.65. The normalized spacial score (nSPS) is 9.44. The number of hydrogen-bond donors (Lipinski definition) is 0. The minimum absolute atomic E-state index is 0.153. The number of ketones is 1. The first-order chi connectivity index (χ1) is 7.65. The van der Waals surface area contributed by atoms with Crippen molar-refractivity contribution in [1.82, 2.24) is 0 Å². The van der Waals surface area contributed by atoms with Crippen molar-refractivity contribution in [3.63, 3.8) is 0 Å². The molecule has 0 amide bonds. The molecule has 16 heavy (non-hydrogen) atoms. The fraction of sp³-hybridized carbons (Fsp3) is 0.357. The molecule has 2 heteroatoms. The van der Waals surface area contributed by atoms with Gasteiger partial charge in [0.05, 0.1) is 0 Å². The second kappa shape index (κ2) is 6.07. The third kappa shape index (κ3) is 3.51. The van der Waals surface area contributed by atoms with Crippen molar-refractivity contribution in [2.75, 3.05) is 0 Å². The molecule has 0 aromatic heterocycles. The molecule has 0 aliphatic rings. The predicted octanol–water partition coefficient (Wildman–Crippen LogP) is 3.57. The summed E-state index contributed by atoms with van der Waals surface area (Å²) >= 11 is 0. The number of rotatable bonds is 3. The third-order valence-corrected chi connectivity index (χ3v) is 2.24. The predicted molar refractivity (Wildman–Crippen MR) is 62.8 cm³/mol. The van der Waals surface area contributed by atoms with Gasteiger partial charge in [-0.2, -0.15) is 0 Å². The van der Waals surface area contributed by atoms with Crippen LogP contribution in [0.5, 0.6) is 0 Å². The van der Waals surface area contributed by atoms with Crippen LogP contribution in [0.25, 0.3) is 0 Å². The summed E-state index contributed by atoms with van der Waals surface area (Å²) in [4.78, 5) is 11.3. The highest BCUT2D eigenvalue weighted by Crippen LogP contribution is 2.11.